The van der Waals surface area contributed by atoms with Gasteiger partial charge in [0, 0.05) is 47.8 Å². The maximum atomic E-state index is 13.1. The molecule has 2 aliphatic rings. The molecule has 0 bridgehead atoms. The second-order valence-electron chi connectivity index (χ2n) is 5.98. The first-order valence-corrected chi connectivity index (χ1v) is 10.5. The summed E-state index contributed by atoms with van der Waals surface area (Å²) in [6.07, 6.45) is 8.43. The monoisotopic (exact) mass is 352 g/mol. The average Bonchev–Trinajstić information content (AvgIpc) is 2.90. The molecule has 0 radical (unpaired) electrons. The largest absolute Gasteiger partial charge is 0.334 e. The zero-order valence-corrected chi connectivity index (χ0v) is 15.0. The van der Waals surface area contributed by atoms with Crippen LogP contribution in [0.15, 0.2) is 18.7 Å². The lowest BCUT2D eigenvalue weighted by Gasteiger charge is -2.34. The first-order valence-electron chi connectivity index (χ1n) is 8.29. The van der Waals surface area contributed by atoms with Gasteiger partial charge in [0.25, 0.3) is 0 Å². The van der Waals surface area contributed by atoms with Crippen molar-refractivity contribution >= 4 is 29.4 Å². The molecule has 126 valence electrons. The maximum absolute atomic E-state index is 13.1. The average molecular weight is 353 g/mol. The summed E-state index contributed by atoms with van der Waals surface area (Å²) >= 11 is 3.72. The zero-order valence-electron chi connectivity index (χ0n) is 13.3. The lowest BCUT2D eigenvalue weighted by molar-refractivity contribution is -0.133. The van der Waals surface area contributed by atoms with Crippen LogP contribution in [0.5, 0.6) is 0 Å². The molecule has 1 aromatic heterocycles. The lowest BCUT2D eigenvalue weighted by Crippen LogP contribution is -2.46. The second kappa shape index (κ2) is 8.89. The molecule has 1 aromatic rings. The summed E-state index contributed by atoms with van der Waals surface area (Å²) in [4.78, 5) is 23.5. The van der Waals surface area contributed by atoms with E-state index in [1.165, 1.54) is 0 Å². The number of carbonyl (C=O) groups excluding carboxylic acids is 1. The Balaban J connectivity index is 1.75. The highest BCUT2D eigenvalue weighted by Crippen LogP contribution is 2.28. The summed E-state index contributed by atoms with van der Waals surface area (Å²) in [5.74, 6) is 3.48. The van der Waals surface area contributed by atoms with Crippen LogP contribution < -0.4 is 5.32 Å². The minimum Gasteiger partial charge on any atom is -0.334 e. The summed E-state index contributed by atoms with van der Waals surface area (Å²) in [6, 6.07) is 0.324. The van der Waals surface area contributed by atoms with Gasteiger partial charge in [-0.1, -0.05) is 0 Å². The van der Waals surface area contributed by atoms with Gasteiger partial charge in [0.1, 0.15) is 6.33 Å². The van der Waals surface area contributed by atoms with Gasteiger partial charge >= 0.3 is 0 Å². The van der Waals surface area contributed by atoms with Crippen LogP contribution in [0.2, 0.25) is 0 Å². The van der Waals surface area contributed by atoms with Crippen molar-refractivity contribution in [2.45, 2.75) is 37.1 Å². The SMILES string of the molecule is O=C([C@H]1CSCCS1)N(Cc1cncnc1)[C@@H]1CCCNCC1. The second-order valence-corrected chi connectivity index (χ2v) is 8.44. The summed E-state index contributed by atoms with van der Waals surface area (Å²) in [7, 11) is 0. The number of nitrogens with zero attached hydrogens (tertiary/aromatic N) is 3. The molecule has 2 fully saturated rings. The topological polar surface area (TPSA) is 58.1 Å². The Kier molecular flexibility index (Phi) is 6.59. The number of aromatic nitrogens is 2. The normalized spacial score (nSPS) is 25.6. The van der Waals surface area contributed by atoms with E-state index in [2.05, 4.69) is 20.2 Å². The van der Waals surface area contributed by atoms with Gasteiger partial charge in [0.2, 0.25) is 5.91 Å². The van der Waals surface area contributed by atoms with E-state index in [0.717, 1.165) is 55.2 Å². The molecular weight excluding hydrogens is 328 g/mol. The van der Waals surface area contributed by atoms with Crippen molar-refractivity contribution in [1.82, 2.24) is 20.2 Å². The third-order valence-corrected chi connectivity index (χ3v) is 7.07. The summed E-state index contributed by atoms with van der Waals surface area (Å²) < 4.78 is 0. The summed E-state index contributed by atoms with van der Waals surface area (Å²) in [5.41, 5.74) is 1.02. The highest BCUT2D eigenvalue weighted by Gasteiger charge is 2.31. The molecule has 0 unspecified atom stereocenters. The van der Waals surface area contributed by atoms with Crippen molar-refractivity contribution < 1.29 is 4.79 Å². The predicted octanol–water partition coefficient (Wildman–Crippen LogP) is 1.80. The van der Waals surface area contributed by atoms with Crippen molar-refractivity contribution in [1.29, 1.82) is 0 Å². The van der Waals surface area contributed by atoms with Crippen molar-refractivity contribution in [3.05, 3.63) is 24.3 Å². The minimum atomic E-state index is 0.106. The summed E-state index contributed by atoms with van der Waals surface area (Å²) in [6.45, 7) is 2.68. The van der Waals surface area contributed by atoms with Gasteiger partial charge in [0.05, 0.1) is 5.25 Å². The number of hydrogen-bond acceptors (Lipinski definition) is 6. The molecule has 2 aliphatic heterocycles. The van der Waals surface area contributed by atoms with Crippen LogP contribution in [0.3, 0.4) is 0 Å². The van der Waals surface area contributed by atoms with Crippen LogP contribution >= 0.6 is 23.5 Å². The van der Waals surface area contributed by atoms with Gasteiger partial charge in [0.15, 0.2) is 0 Å². The molecule has 0 spiro atoms. The van der Waals surface area contributed by atoms with Crippen LogP contribution in [0.25, 0.3) is 0 Å². The van der Waals surface area contributed by atoms with E-state index in [-0.39, 0.29) is 5.25 Å². The van der Waals surface area contributed by atoms with Crippen LogP contribution in [-0.4, -0.2) is 62.4 Å². The van der Waals surface area contributed by atoms with Gasteiger partial charge in [-0.25, -0.2) is 9.97 Å². The van der Waals surface area contributed by atoms with E-state index in [1.54, 1.807) is 6.33 Å². The van der Waals surface area contributed by atoms with Gasteiger partial charge in [-0.3, -0.25) is 4.79 Å². The Morgan fingerprint density at radius 3 is 2.91 bits per heavy atom. The Bertz CT molecular complexity index is 488. The highest BCUT2D eigenvalue weighted by molar-refractivity contribution is 8.07. The molecule has 3 rings (SSSR count). The third-order valence-electron chi connectivity index (χ3n) is 4.33. The van der Waals surface area contributed by atoms with Crippen molar-refractivity contribution in [2.24, 2.45) is 0 Å². The van der Waals surface area contributed by atoms with Crippen LogP contribution in [0.1, 0.15) is 24.8 Å². The highest BCUT2D eigenvalue weighted by atomic mass is 32.2. The van der Waals surface area contributed by atoms with Gasteiger partial charge in [-0.15, -0.1) is 11.8 Å². The van der Waals surface area contributed by atoms with Gasteiger partial charge in [-0.2, -0.15) is 11.8 Å². The number of hydrogen-bond donors (Lipinski definition) is 1. The molecule has 0 aliphatic carbocycles. The van der Waals surface area contributed by atoms with Gasteiger partial charge < -0.3 is 10.2 Å². The standard InChI is InChI=1S/C16H24N4OS2/c21-16(15-11-22-6-7-23-15)20(10-13-8-18-12-19-9-13)14-2-1-4-17-5-3-14/h8-9,12,14-15,17H,1-7,10-11H2/t14-,15-/m1/s1. The number of amides is 1. The molecular formula is C16H24N4OS2. The fraction of sp³-hybridized carbons (Fsp3) is 0.688. The molecule has 2 saturated heterocycles. The van der Waals surface area contributed by atoms with Crippen molar-refractivity contribution in [3.8, 4) is 0 Å². The molecule has 1 N–H and O–H groups in total. The smallest absolute Gasteiger partial charge is 0.237 e. The van der Waals surface area contributed by atoms with Crippen molar-refractivity contribution in [3.63, 3.8) is 0 Å². The van der Waals surface area contributed by atoms with E-state index in [4.69, 9.17) is 0 Å². The number of thioether (sulfide) groups is 2. The Labute approximate surface area is 146 Å². The quantitative estimate of drug-likeness (QED) is 0.892. The van der Waals surface area contributed by atoms with E-state index >= 15 is 0 Å². The van der Waals surface area contributed by atoms with Crippen molar-refractivity contribution in [2.75, 3.05) is 30.3 Å². The van der Waals surface area contributed by atoms with Crippen LogP contribution in [0.4, 0.5) is 0 Å². The van der Waals surface area contributed by atoms with Gasteiger partial charge in [-0.05, 0) is 32.4 Å². The first kappa shape index (κ1) is 17.0. The van der Waals surface area contributed by atoms with Crippen LogP contribution in [0, 0.1) is 0 Å². The molecule has 1 amide bonds. The number of nitrogens with one attached hydrogen (secondary N) is 1. The molecule has 23 heavy (non-hydrogen) atoms. The number of carbonyl (C=O) groups is 1. The number of rotatable bonds is 4. The van der Waals surface area contributed by atoms with Crippen LogP contribution in [-0.2, 0) is 11.3 Å². The molecule has 5 nitrogen and oxygen atoms in total. The fourth-order valence-corrected chi connectivity index (χ4v) is 5.74. The molecule has 3 heterocycles. The first-order chi connectivity index (χ1) is 11.3. The lowest BCUT2D eigenvalue weighted by atomic mass is 10.1. The van der Waals surface area contributed by atoms with E-state index in [1.807, 2.05) is 35.9 Å². The fourth-order valence-electron chi connectivity index (χ4n) is 3.12. The molecule has 7 heteroatoms. The summed E-state index contributed by atoms with van der Waals surface area (Å²) in [5, 5.41) is 3.55. The zero-order chi connectivity index (χ0) is 15.9. The minimum absolute atomic E-state index is 0.106. The van der Waals surface area contributed by atoms with E-state index < -0.39 is 0 Å². The van der Waals surface area contributed by atoms with E-state index in [0.29, 0.717) is 18.5 Å². The predicted molar refractivity (Wildman–Crippen MR) is 96.7 cm³/mol. The Morgan fingerprint density at radius 1 is 1.26 bits per heavy atom. The third kappa shape index (κ3) is 4.84. The maximum Gasteiger partial charge on any atom is 0.237 e. The molecule has 2 atom stereocenters. The Hall–Kier alpha value is -0.790. The molecule has 0 aromatic carbocycles. The Morgan fingerprint density at radius 2 is 2.13 bits per heavy atom. The molecule has 0 saturated carbocycles. The van der Waals surface area contributed by atoms with E-state index in [9.17, 15) is 4.79 Å².